The highest BCUT2D eigenvalue weighted by atomic mass is 32.2. The number of phosphoric acid groups is 1. The monoisotopic (exact) mass is 652 g/mol. The van der Waals surface area contributed by atoms with Crippen LogP contribution in [0.15, 0.2) is 0 Å². The standard InChI is InChI=1S/C32H61O9PS/c1-3-4-5-6-7-15-19-22-25-32(35)41-30(28-40-42(36,37)38)27-39-31(34)24-21-18-16-13-11-9-8-10-12-14-17-20-23-26-43-29(2)33/h30H,3-28H2,1-2H3,(H2,36,37,38)/t30-/m0/s1. The molecule has 0 aliphatic carbocycles. The van der Waals surface area contributed by atoms with E-state index in [0.717, 1.165) is 50.7 Å². The second-order valence-electron chi connectivity index (χ2n) is 11.5. The van der Waals surface area contributed by atoms with Gasteiger partial charge in [0.25, 0.3) is 0 Å². The van der Waals surface area contributed by atoms with Crippen LogP contribution in [0.4, 0.5) is 0 Å². The number of unbranched alkanes of at least 4 members (excludes halogenated alkanes) is 19. The molecule has 0 saturated heterocycles. The summed E-state index contributed by atoms with van der Waals surface area (Å²) >= 11 is 1.43. The Morgan fingerprint density at radius 3 is 1.49 bits per heavy atom. The Morgan fingerprint density at radius 2 is 1.05 bits per heavy atom. The van der Waals surface area contributed by atoms with Gasteiger partial charge < -0.3 is 19.3 Å². The van der Waals surface area contributed by atoms with Crippen LogP contribution in [0.3, 0.4) is 0 Å². The Labute approximate surface area is 265 Å². The minimum absolute atomic E-state index is 0.207. The molecule has 0 aliphatic heterocycles. The highest BCUT2D eigenvalue weighted by Crippen LogP contribution is 2.36. The first-order chi connectivity index (χ1) is 20.6. The van der Waals surface area contributed by atoms with Crippen LogP contribution in [-0.4, -0.2) is 51.9 Å². The molecule has 0 rings (SSSR count). The van der Waals surface area contributed by atoms with Gasteiger partial charge in [0, 0.05) is 25.5 Å². The molecule has 43 heavy (non-hydrogen) atoms. The molecule has 0 aliphatic rings. The summed E-state index contributed by atoms with van der Waals surface area (Å²) < 4.78 is 26.1. The fourth-order valence-corrected chi connectivity index (χ4v) is 5.73. The minimum Gasteiger partial charge on any atom is -0.462 e. The van der Waals surface area contributed by atoms with Gasteiger partial charge in [0.15, 0.2) is 11.2 Å². The topological polar surface area (TPSA) is 136 Å². The number of esters is 2. The van der Waals surface area contributed by atoms with Crippen LogP contribution < -0.4 is 0 Å². The van der Waals surface area contributed by atoms with E-state index in [9.17, 15) is 18.9 Å². The van der Waals surface area contributed by atoms with Crippen LogP contribution in [0.2, 0.25) is 0 Å². The fourth-order valence-electron chi connectivity index (χ4n) is 4.73. The van der Waals surface area contributed by atoms with Crippen LogP contribution >= 0.6 is 19.6 Å². The van der Waals surface area contributed by atoms with Crippen molar-refractivity contribution in [2.24, 2.45) is 0 Å². The van der Waals surface area contributed by atoms with Crippen LogP contribution in [0.1, 0.15) is 162 Å². The lowest BCUT2D eigenvalue weighted by Gasteiger charge is -2.18. The number of ether oxygens (including phenoxy) is 2. The summed E-state index contributed by atoms with van der Waals surface area (Å²) in [5.74, 6) is 0.0427. The largest absolute Gasteiger partial charge is 0.469 e. The van der Waals surface area contributed by atoms with Crippen molar-refractivity contribution in [2.75, 3.05) is 19.0 Å². The molecular formula is C32H61O9PS. The molecule has 0 fully saturated rings. The van der Waals surface area contributed by atoms with Gasteiger partial charge in [-0.2, -0.15) is 0 Å². The lowest BCUT2D eigenvalue weighted by Crippen LogP contribution is -2.29. The van der Waals surface area contributed by atoms with Gasteiger partial charge in [-0.05, 0) is 19.3 Å². The molecule has 0 aromatic carbocycles. The smallest absolute Gasteiger partial charge is 0.462 e. The first-order valence-corrected chi connectivity index (χ1v) is 19.3. The Kier molecular flexibility index (Phi) is 29.1. The van der Waals surface area contributed by atoms with Crippen LogP contribution in [0.5, 0.6) is 0 Å². The third-order valence-electron chi connectivity index (χ3n) is 7.22. The number of carbonyl (C=O) groups is 3. The molecule has 0 heterocycles. The molecule has 0 radical (unpaired) electrons. The third kappa shape index (κ3) is 33.8. The maximum Gasteiger partial charge on any atom is 0.469 e. The van der Waals surface area contributed by atoms with Crippen molar-refractivity contribution in [3.8, 4) is 0 Å². The van der Waals surface area contributed by atoms with Gasteiger partial charge in [-0.3, -0.25) is 18.9 Å². The van der Waals surface area contributed by atoms with Gasteiger partial charge in [0.1, 0.15) is 6.61 Å². The average Bonchev–Trinajstić information content (AvgIpc) is 2.95. The van der Waals surface area contributed by atoms with Crippen molar-refractivity contribution in [3.63, 3.8) is 0 Å². The quantitative estimate of drug-likeness (QED) is 0.0424. The SMILES string of the molecule is CCCCCCCCCCC(=O)O[C@@H](COC(=O)CCCCCCCCCCCCCCCSC(C)=O)COP(=O)(O)O. The van der Waals surface area contributed by atoms with Gasteiger partial charge in [0.2, 0.25) is 0 Å². The van der Waals surface area contributed by atoms with Gasteiger partial charge in [-0.25, -0.2) is 4.57 Å². The Balaban J connectivity index is 3.88. The molecule has 0 aromatic heterocycles. The predicted octanol–water partition coefficient (Wildman–Crippen LogP) is 8.82. The molecule has 0 aromatic rings. The summed E-state index contributed by atoms with van der Waals surface area (Å²) in [5, 5.41) is 0.211. The number of rotatable bonds is 31. The molecular weight excluding hydrogens is 591 g/mol. The van der Waals surface area contributed by atoms with E-state index in [1.54, 1.807) is 6.92 Å². The van der Waals surface area contributed by atoms with Crippen molar-refractivity contribution >= 4 is 36.6 Å². The predicted molar refractivity (Wildman–Crippen MR) is 174 cm³/mol. The van der Waals surface area contributed by atoms with Crippen LogP contribution in [0.25, 0.3) is 0 Å². The van der Waals surface area contributed by atoms with E-state index in [1.807, 2.05) is 0 Å². The summed E-state index contributed by atoms with van der Waals surface area (Å²) in [6, 6.07) is 0. The summed E-state index contributed by atoms with van der Waals surface area (Å²) in [4.78, 5) is 53.3. The molecule has 2 N–H and O–H groups in total. The summed E-state index contributed by atoms with van der Waals surface area (Å²) in [7, 11) is -4.74. The Morgan fingerprint density at radius 1 is 0.628 bits per heavy atom. The number of thioether (sulfide) groups is 1. The molecule has 0 bridgehead atoms. The van der Waals surface area contributed by atoms with Crippen LogP contribution in [-0.2, 0) is 32.9 Å². The lowest BCUT2D eigenvalue weighted by atomic mass is 10.0. The first kappa shape index (κ1) is 42.1. The first-order valence-electron chi connectivity index (χ1n) is 16.8. The van der Waals surface area contributed by atoms with Gasteiger partial charge >= 0.3 is 19.8 Å². The maximum atomic E-state index is 12.2. The number of hydrogen-bond acceptors (Lipinski definition) is 8. The zero-order chi connectivity index (χ0) is 32.0. The summed E-state index contributed by atoms with van der Waals surface area (Å²) in [6.07, 6.45) is 23.2. The van der Waals surface area contributed by atoms with Crippen molar-refractivity contribution < 1.29 is 42.7 Å². The van der Waals surface area contributed by atoms with E-state index in [-0.39, 0.29) is 24.6 Å². The molecule has 0 unspecified atom stereocenters. The zero-order valence-corrected chi connectivity index (χ0v) is 28.8. The average molecular weight is 653 g/mol. The summed E-state index contributed by atoms with van der Waals surface area (Å²) in [5.41, 5.74) is 0. The Hall–Kier alpha value is -0.930. The summed E-state index contributed by atoms with van der Waals surface area (Å²) in [6.45, 7) is 2.98. The van der Waals surface area contributed by atoms with E-state index in [1.165, 1.54) is 88.8 Å². The van der Waals surface area contributed by atoms with Gasteiger partial charge in [0.05, 0.1) is 6.61 Å². The molecule has 9 nitrogen and oxygen atoms in total. The van der Waals surface area contributed by atoms with Crippen molar-refractivity contribution in [3.05, 3.63) is 0 Å². The molecule has 0 spiro atoms. The highest BCUT2D eigenvalue weighted by molar-refractivity contribution is 8.13. The molecule has 0 saturated carbocycles. The lowest BCUT2D eigenvalue weighted by molar-refractivity contribution is -0.161. The highest BCUT2D eigenvalue weighted by Gasteiger charge is 2.22. The van der Waals surface area contributed by atoms with Crippen molar-refractivity contribution in [2.45, 2.75) is 168 Å². The molecule has 11 heteroatoms. The van der Waals surface area contributed by atoms with E-state index < -0.39 is 32.5 Å². The fraction of sp³-hybridized carbons (Fsp3) is 0.906. The maximum absolute atomic E-state index is 12.2. The number of hydrogen-bond donors (Lipinski definition) is 2. The molecule has 1 atom stereocenters. The molecule has 254 valence electrons. The van der Waals surface area contributed by atoms with Gasteiger partial charge in [-0.1, -0.05) is 134 Å². The Bertz CT molecular complexity index is 744. The van der Waals surface area contributed by atoms with E-state index >= 15 is 0 Å². The van der Waals surface area contributed by atoms with E-state index in [0.29, 0.717) is 12.8 Å². The second kappa shape index (κ2) is 29.8. The van der Waals surface area contributed by atoms with Crippen LogP contribution in [0, 0.1) is 0 Å². The normalized spacial score (nSPS) is 12.3. The number of carbonyl (C=O) groups excluding carboxylic acids is 3. The third-order valence-corrected chi connectivity index (χ3v) is 8.61. The van der Waals surface area contributed by atoms with Crippen molar-refractivity contribution in [1.82, 2.24) is 0 Å². The molecule has 0 amide bonds. The van der Waals surface area contributed by atoms with E-state index in [2.05, 4.69) is 11.4 Å². The van der Waals surface area contributed by atoms with E-state index in [4.69, 9.17) is 19.3 Å². The zero-order valence-electron chi connectivity index (χ0n) is 27.1. The van der Waals surface area contributed by atoms with Gasteiger partial charge in [-0.15, -0.1) is 0 Å². The van der Waals surface area contributed by atoms with Crippen molar-refractivity contribution in [1.29, 1.82) is 0 Å². The second-order valence-corrected chi connectivity index (χ2v) is 14.0. The number of phosphoric ester groups is 1. The minimum atomic E-state index is -4.74.